The van der Waals surface area contributed by atoms with Gasteiger partial charge in [0.05, 0.1) is 25.4 Å². The number of hydrogen-bond donors (Lipinski definition) is 6. The Morgan fingerprint density at radius 1 is 0.500 bits per heavy atom. The van der Waals surface area contributed by atoms with Gasteiger partial charge in [0, 0.05) is 6.42 Å². The molecule has 0 saturated carbocycles. The highest BCUT2D eigenvalue weighted by atomic mass is 16.7. The van der Waals surface area contributed by atoms with Crippen LogP contribution in [-0.4, -0.2) is 87.5 Å². The SMILES string of the molecule is CCCC/C=C\CCCCCCCC(=O)NC(COC1OC(CO)C(O)C(O)C1O)C(O)CCCCCCCCCCCCCCCCCCCCCCCCCCCCCCCCCC. The number of aliphatic hydroxyl groups excluding tert-OH is 5. The van der Waals surface area contributed by atoms with Crippen molar-refractivity contribution in [3.05, 3.63) is 12.2 Å². The van der Waals surface area contributed by atoms with Crippen molar-refractivity contribution in [3.63, 3.8) is 0 Å². The second kappa shape index (κ2) is 47.6. The molecule has 0 radical (unpaired) electrons. The molecule has 0 aliphatic carbocycles. The van der Waals surface area contributed by atoms with Crippen LogP contribution in [0.25, 0.3) is 0 Å². The third kappa shape index (κ3) is 36.9. The average Bonchev–Trinajstić information content (AvgIpc) is 3.32. The van der Waals surface area contributed by atoms with E-state index >= 15 is 0 Å². The van der Waals surface area contributed by atoms with Crippen molar-refractivity contribution < 1.29 is 39.8 Å². The fourth-order valence-corrected chi connectivity index (χ4v) is 9.50. The Morgan fingerprint density at radius 2 is 0.864 bits per heavy atom. The molecule has 7 unspecified atom stereocenters. The zero-order valence-corrected chi connectivity index (χ0v) is 43.5. The first-order valence-electron chi connectivity index (χ1n) is 28.9. The van der Waals surface area contributed by atoms with E-state index in [1.807, 2.05) is 0 Å². The fourth-order valence-electron chi connectivity index (χ4n) is 9.50. The third-order valence-electron chi connectivity index (χ3n) is 14.1. The number of carbonyl (C=O) groups excluding carboxylic acids is 1. The minimum Gasteiger partial charge on any atom is -0.394 e. The van der Waals surface area contributed by atoms with Crippen molar-refractivity contribution in [3.8, 4) is 0 Å². The molecule has 1 rings (SSSR count). The van der Waals surface area contributed by atoms with E-state index in [0.717, 1.165) is 64.2 Å². The minimum absolute atomic E-state index is 0.138. The maximum atomic E-state index is 13.0. The summed E-state index contributed by atoms with van der Waals surface area (Å²) in [4.78, 5) is 13.0. The Kier molecular flexibility index (Phi) is 45.4. The molecule has 1 heterocycles. The van der Waals surface area contributed by atoms with Crippen LogP contribution in [0.15, 0.2) is 12.2 Å². The first-order valence-corrected chi connectivity index (χ1v) is 28.9. The van der Waals surface area contributed by atoms with Crippen molar-refractivity contribution in [1.82, 2.24) is 5.32 Å². The summed E-state index contributed by atoms with van der Waals surface area (Å²) < 4.78 is 11.3. The number of allylic oxidation sites excluding steroid dienone is 2. The predicted molar refractivity (Wildman–Crippen MR) is 277 cm³/mol. The number of nitrogens with one attached hydrogen (secondary N) is 1. The minimum atomic E-state index is -1.55. The monoisotopic (exact) mass is 938 g/mol. The topological polar surface area (TPSA) is 149 Å². The summed E-state index contributed by atoms with van der Waals surface area (Å²) >= 11 is 0. The van der Waals surface area contributed by atoms with Crippen molar-refractivity contribution in [2.24, 2.45) is 0 Å². The number of unbranched alkanes of at least 4 members (excludes halogenated alkanes) is 38. The number of rotatable bonds is 50. The number of amides is 1. The number of aliphatic hydroxyl groups is 5. The second-order valence-electron chi connectivity index (χ2n) is 20.4. The number of hydrogen-bond acceptors (Lipinski definition) is 8. The summed E-state index contributed by atoms with van der Waals surface area (Å²) in [7, 11) is 0. The van der Waals surface area contributed by atoms with Crippen molar-refractivity contribution in [2.45, 2.75) is 333 Å². The third-order valence-corrected chi connectivity index (χ3v) is 14.1. The Hall–Kier alpha value is -1.07. The molecule has 66 heavy (non-hydrogen) atoms. The summed E-state index contributed by atoms with van der Waals surface area (Å²) in [5.41, 5.74) is 0. The van der Waals surface area contributed by atoms with Crippen LogP contribution < -0.4 is 5.32 Å². The van der Waals surface area contributed by atoms with Gasteiger partial charge in [-0.15, -0.1) is 0 Å². The molecule has 0 spiro atoms. The Morgan fingerprint density at radius 3 is 1.27 bits per heavy atom. The van der Waals surface area contributed by atoms with E-state index < -0.39 is 49.5 Å². The Balaban J connectivity index is 2.08. The summed E-state index contributed by atoms with van der Waals surface area (Å²) in [5.74, 6) is -0.152. The van der Waals surface area contributed by atoms with E-state index in [2.05, 4.69) is 31.3 Å². The van der Waals surface area contributed by atoms with Gasteiger partial charge in [0.1, 0.15) is 24.4 Å². The fraction of sp³-hybridized carbons (Fsp3) is 0.947. The van der Waals surface area contributed by atoms with Crippen molar-refractivity contribution in [2.75, 3.05) is 13.2 Å². The molecule has 392 valence electrons. The van der Waals surface area contributed by atoms with Gasteiger partial charge in [-0.3, -0.25) is 4.79 Å². The van der Waals surface area contributed by atoms with Crippen LogP contribution in [0.4, 0.5) is 0 Å². The largest absolute Gasteiger partial charge is 0.394 e. The molecule has 0 aromatic rings. The van der Waals surface area contributed by atoms with Gasteiger partial charge in [0.25, 0.3) is 0 Å². The number of ether oxygens (including phenoxy) is 2. The standard InChI is InChI=1S/C57H111NO8/c1-3-5-7-9-11-13-15-16-17-18-19-20-21-22-23-24-25-26-27-28-29-30-31-32-33-34-35-37-38-40-42-44-46-51(60)50(49-65-57-56(64)55(63)54(62)52(48-59)66-57)58-53(61)47-45-43-41-39-36-14-12-10-8-6-4-2/h10,12,50-52,54-57,59-60,62-64H,3-9,11,13-49H2,1-2H3,(H,58,61)/b12-10-. The molecule has 7 atom stereocenters. The smallest absolute Gasteiger partial charge is 0.220 e. The summed E-state index contributed by atoms with van der Waals surface area (Å²) in [5, 5.41) is 54.5. The molecular weight excluding hydrogens is 827 g/mol. The van der Waals surface area contributed by atoms with Gasteiger partial charge in [-0.2, -0.15) is 0 Å². The molecule has 9 heteroatoms. The molecule has 0 aromatic heterocycles. The quantitative estimate of drug-likeness (QED) is 0.0261. The lowest BCUT2D eigenvalue weighted by atomic mass is 9.99. The molecule has 0 bridgehead atoms. The zero-order chi connectivity index (χ0) is 48.0. The molecule has 0 aromatic carbocycles. The molecule has 1 saturated heterocycles. The van der Waals surface area contributed by atoms with E-state index in [9.17, 15) is 30.3 Å². The lowest BCUT2D eigenvalue weighted by Crippen LogP contribution is -2.60. The van der Waals surface area contributed by atoms with E-state index in [0.29, 0.717) is 12.8 Å². The Bertz CT molecular complexity index is 1040. The van der Waals surface area contributed by atoms with Gasteiger partial charge in [-0.25, -0.2) is 0 Å². The van der Waals surface area contributed by atoms with E-state index in [1.165, 1.54) is 199 Å². The normalized spacial score (nSPS) is 19.8. The second-order valence-corrected chi connectivity index (χ2v) is 20.4. The van der Waals surface area contributed by atoms with Crippen molar-refractivity contribution in [1.29, 1.82) is 0 Å². The van der Waals surface area contributed by atoms with Gasteiger partial charge in [0.2, 0.25) is 5.91 Å². The summed E-state index contributed by atoms with van der Waals surface area (Å²) in [6.07, 6.45) is 51.3. The zero-order valence-electron chi connectivity index (χ0n) is 43.5. The van der Waals surface area contributed by atoms with Crippen molar-refractivity contribution >= 4 is 5.91 Å². The highest BCUT2D eigenvalue weighted by molar-refractivity contribution is 5.76. The number of carbonyl (C=O) groups is 1. The van der Waals surface area contributed by atoms with Gasteiger partial charge in [-0.1, -0.05) is 264 Å². The average molecular weight is 939 g/mol. The van der Waals surface area contributed by atoms with Gasteiger partial charge in [-0.05, 0) is 32.1 Å². The van der Waals surface area contributed by atoms with Crippen LogP contribution in [0, 0.1) is 0 Å². The molecular formula is C57H111NO8. The van der Waals surface area contributed by atoms with E-state index in [4.69, 9.17) is 9.47 Å². The van der Waals surface area contributed by atoms with Gasteiger partial charge in [0.15, 0.2) is 6.29 Å². The van der Waals surface area contributed by atoms with E-state index in [1.54, 1.807) is 0 Å². The molecule has 1 aliphatic heterocycles. The molecule has 1 fully saturated rings. The first kappa shape index (κ1) is 62.9. The van der Waals surface area contributed by atoms with Crippen LogP contribution in [0.5, 0.6) is 0 Å². The summed E-state index contributed by atoms with van der Waals surface area (Å²) in [6.45, 7) is 3.82. The molecule has 9 nitrogen and oxygen atoms in total. The maximum absolute atomic E-state index is 13.0. The van der Waals surface area contributed by atoms with Gasteiger partial charge >= 0.3 is 0 Å². The Labute approximate surface area is 407 Å². The molecule has 6 N–H and O–H groups in total. The van der Waals surface area contributed by atoms with Crippen LogP contribution in [0.2, 0.25) is 0 Å². The lowest BCUT2D eigenvalue weighted by molar-refractivity contribution is -0.302. The predicted octanol–water partition coefficient (Wildman–Crippen LogP) is 14.0. The highest BCUT2D eigenvalue weighted by Crippen LogP contribution is 2.23. The highest BCUT2D eigenvalue weighted by Gasteiger charge is 2.44. The van der Waals surface area contributed by atoms with Crippen LogP contribution in [-0.2, 0) is 14.3 Å². The van der Waals surface area contributed by atoms with Crippen LogP contribution in [0.3, 0.4) is 0 Å². The maximum Gasteiger partial charge on any atom is 0.220 e. The van der Waals surface area contributed by atoms with Crippen LogP contribution >= 0.6 is 0 Å². The molecule has 1 amide bonds. The summed E-state index contributed by atoms with van der Waals surface area (Å²) in [6, 6.07) is -0.720. The first-order chi connectivity index (χ1) is 32.3. The lowest BCUT2D eigenvalue weighted by Gasteiger charge is -2.40. The molecule has 1 aliphatic rings. The van der Waals surface area contributed by atoms with E-state index in [-0.39, 0.29) is 12.5 Å². The van der Waals surface area contributed by atoms with Gasteiger partial charge < -0.3 is 40.3 Å². The van der Waals surface area contributed by atoms with Crippen LogP contribution in [0.1, 0.15) is 290 Å².